The van der Waals surface area contributed by atoms with Crippen molar-refractivity contribution in [1.82, 2.24) is 9.55 Å². The van der Waals surface area contributed by atoms with Crippen LogP contribution < -0.4 is 9.64 Å². The van der Waals surface area contributed by atoms with Crippen LogP contribution in [0.25, 0.3) is 11.0 Å². The highest BCUT2D eigenvalue weighted by atomic mass is 79.9. The van der Waals surface area contributed by atoms with Gasteiger partial charge in [0.15, 0.2) is 0 Å². The van der Waals surface area contributed by atoms with E-state index in [9.17, 15) is 4.79 Å². The summed E-state index contributed by atoms with van der Waals surface area (Å²) >= 11 is 3.59. The van der Waals surface area contributed by atoms with Crippen molar-refractivity contribution in [3.8, 4) is 5.75 Å². The molecule has 0 radical (unpaired) electrons. The Kier molecular flexibility index (Phi) is 6.18. The first-order valence-electron chi connectivity index (χ1n) is 11.3. The summed E-state index contributed by atoms with van der Waals surface area (Å²) in [7, 11) is 0. The van der Waals surface area contributed by atoms with Crippen LogP contribution in [0.15, 0.2) is 77.3 Å². The Morgan fingerprint density at radius 3 is 2.61 bits per heavy atom. The molecule has 33 heavy (non-hydrogen) atoms. The van der Waals surface area contributed by atoms with Crippen molar-refractivity contribution in [2.24, 2.45) is 0 Å². The largest absolute Gasteiger partial charge is 0.494 e. The average Bonchev–Trinajstić information content (AvgIpc) is 3.39. The van der Waals surface area contributed by atoms with Crippen molar-refractivity contribution in [2.45, 2.75) is 32.2 Å². The summed E-state index contributed by atoms with van der Waals surface area (Å²) in [6, 6.07) is 24.2. The number of halogens is 1. The Hall–Kier alpha value is -3.12. The zero-order valence-corrected chi connectivity index (χ0v) is 20.2. The number of carbonyl (C=O) groups excluding carboxylic acids is 1. The average molecular weight is 504 g/mol. The van der Waals surface area contributed by atoms with Crippen LogP contribution in [0.5, 0.6) is 5.75 Å². The molecule has 1 aromatic heterocycles. The summed E-state index contributed by atoms with van der Waals surface area (Å²) in [5.74, 6) is 2.06. The molecule has 5 rings (SSSR count). The molecule has 0 spiro atoms. The number of ether oxygens (including phenoxy) is 1. The number of fused-ring (bicyclic) bond motifs is 1. The van der Waals surface area contributed by atoms with Gasteiger partial charge in [-0.15, -0.1) is 0 Å². The molecule has 2 heterocycles. The normalized spacial score (nSPS) is 16.0. The summed E-state index contributed by atoms with van der Waals surface area (Å²) in [4.78, 5) is 19.8. The number of imidazole rings is 1. The molecule has 1 aliphatic rings. The predicted octanol–water partition coefficient (Wildman–Crippen LogP) is 6.10. The minimum Gasteiger partial charge on any atom is -0.494 e. The standard InChI is InChI=1S/C27H26BrN3O2/c1-19-11-13-21(14-12-19)33-16-6-15-30-25-10-5-3-8-23(25)29-27(30)20-17-26(32)31(18-20)24-9-4-2-7-22(24)28/h2-5,7-14,20H,6,15-18H2,1H3. The van der Waals surface area contributed by atoms with Crippen LogP contribution in [0.3, 0.4) is 0 Å². The van der Waals surface area contributed by atoms with Gasteiger partial charge < -0.3 is 14.2 Å². The number of aromatic nitrogens is 2. The van der Waals surface area contributed by atoms with Gasteiger partial charge in [0.1, 0.15) is 11.6 Å². The summed E-state index contributed by atoms with van der Waals surface area (Å²) in [5, 5.41) is 0. The lowest BCUT2D eigenvalue weighted by molar-refractivity contribution is -0.117. The van der Waals surface area contributed by atoms with Gasteiger partial charge in [0.05, 0.1) is 23.3 Å². The third-order valence-electron chi connectivity index (χ3n) is 6.13. The van der Waals surface area contributed by atoms with E-state index < -0.39 is 0 Å². The summed E-state index contributed by atoms with van der Waals surface area (Å²) in [6.07, 6.45) is 1.32. The van der Waals surface area contributed by atoms with E-state index in [2.05, 4.69) is 45.6 Å². The Balaban J connectivity index is 1.35. The second-order valence-electron chi connectivity index (χ2n) is 8.48. The van der Waals surface area contributed by atoms with E-state index in [1.807, 2.05) is 59.5 Å². The maximum atomic E-state index is 12.9. The number of amides is 1. The van der Waals surface area contributed by atoms with E-state index in [0.717, 1.165) is 45.7 Å². The van der Waals surface area contributed by atoms with Gasteiger partial charge in [-0.1, -0.05) is 42.0 Å². The maximum Gasteiger partial charge on any atom is 0.227 e. The van der Waals surface area contributed by atoms with Crippen molar-refractivity contribution in [2.75, 3.05) is 18.1 Å². The molecule has 0 saturated carbocycles. The fraction of sp³-hybridized carbons (Fsp3) is 0.259. The van der Waals surface area contributed by atoms with E-state index in [1.165, 1.54) is 5.56 Å². The Morgan fingerprint density at radius 1 is 1.03 bits per heavy atom. The second kappa shape index (κ2) is 9.40. The molecule has 0 N–H and O–H groups in total. The van der Waals surface area contributed by atoms with Crippen LogP contribution >= 0.6 is 15.9 Å². The van der Waals surface area contributed by atoms with Gasteiger partial charge in [-0.05, 0) is 65.7 Å². The molecule has 1 unspecified atom stereocenters. The maximum absolute atomic E-state index is 12.9. The number of hydrogen-bond acceptors (Lipinski definition) is 3. The van der Waals surface area contributed by atoms with Crippen LogP contribution in [0.1, 0.15) is 30.1 Å². The fourth-order valence-corrected chi connectivity index (χ4v) is 4.97. The molecule has 0 aliphatic carbocycles. The number of nitrogens with zero attached hydrogens (tertiary/aromatic N) is 3. The molecular weight excluding hydrogens is 478 g/mol. The van der Waals surface area contributed by atoms with E-state index in [4.69, 9.17) is 9.72 Å². The van der Waals surface area contributed by atoms with Gasteiger partial charge in [0.25, 0.3) is 0 Å². The van der Waals surface area contributed by atoms with Gasteiger partial charge in [-0.25, -0.2) is 4.98 Å². The highest BCUT2D eigenvalue weighted by Gasteiger charge is 2.35. The van der Waals surface area contributed by atoms with Crippen molar-refractivity contribution in [3.63, 3.8) is 0 Å². The monoisotopic (exact) mass is 503 g/mol. The third-order valence-corrected chi connectivity index (χ3v) is 6.80. The van der Waals surface area contributed by atoms with Gasteiger partial charge in [-0.2, -0.15) is 0 Å². The smallest absolute Gasteiger partial charge is 0.227 e. The lowest BCUT2D eigenvalue weighted by atomic mass is 10.1. The lowest BCUT2D eigenvalue weighted by Crippen LogP contribution is -2.25. The molecule has 168 valence electrons. The van der Waals surface area contributed by atoms with E-state index >= 15 is 0 Å². The third kappa shape index (κ3) is 4.53. The topological polar surface area (TPSA) is 47.4 Å². The number of para-hydroxylation sites is 3. The SMILES string of the molecule is Cc1ccc(OCCCn2c(C3CC(=O)N(c4ccccc4Br)C3)nc3ccccc32)cc1. The molecule has 1 aliphatic heterocycles. The van der Waals surface area contributed by atoms with Crippen LogP contribution in [0.2, 0.25) is 0 Å². The first kappa shape index (κ1) is 21.7. The molecule has 4 aromatic rings. The number of anilines is 1. The van der Waals surface area contributed by atoms with Crippen molar-refractivity contribution >= 4 is 38.6 Å². The van der Waals surface area contributed by atoms with Gasteiger partial charge in [-0.3, -0.25) is 4.79 Å². The number of rotatable bonds is 7. The molecule has 1 amide bonds. The zero-order valence-electron chi connectivity index (χ0n) is 18.6. The Bertz CT molecular complexity index is 1280. The number of carbonyl (C=O) groups is 1. The van der Waals surface area contributed by atoms with Crippen molar-refractivity contribution in [3.05, 3.63) is 88.7 Å². The Labute approximate surface area is 202 Å². The van der Waals surface area contributed by atoms with Gasteiger partial charge in [0, 0.05) is 29.9 Å². The Morgan fingerprint density at radius 2 is 1.79 bits per heavy atom. The van der Waals surface area contributed by atoms with Crippen LogP contribution in [0, 0.1) is 6.92 Å². The molecule has 1 atom stereocenters. The van der Waals surface area contributed by atoms with Crippen LogP contribution in [-0.2, 0) is 11.3 Å². The van der Waals surface area contributed by atoms with E-state index in [-0.39, 0.29) is 11.8 Å². The highest BCUT2D eigenvalue weighted by Crippen LogP contribution is 2.36. The lowest BCUT2D eigenvalue weighted by Gasteiger charge is -2.19. The zero-order chi connectivity index (χ0) is 22.8. The number of benzene rings is 3. The molecule has 0 bridgehead atoms. The number of aryl methyl sites for hydroxylation is 2. The van der Waals surface area contributed by atoms with Crippen molar-refractivity contribution in [1.29, 1.82) is 0 Å². The van der Waals surface area contributed by atoms with Crippen molar-refractivity contribution < 1.29 is 9.53 Å². The molecular formula is C27H26BrN3O2. The minimum atomic E-state index is 0.0509. The molecule has 6 heteroatoms. The minimum absolute atomic E-state index is 0.0509. The second-order valence-corrected chi connectivity index (χ2v) is 9.34. The van der Waals surface area contributed by atoms with Crippen LogP contribution in [-0.4, -0.2) is 28.6 Å². The van der Waals surface area contributed by atoms with Crippen LogP contribution in [0.4, 0.5) is 5.69 Å². The predicted molar refractivity (Wildman–Crippen MR) is 135 cm³/mol. The van der Waals surface area contributed by atoms with Gasteiger partial charge in [0.2, 0.25) is 5.91 Å². The molecule has 5 nitrogen and oxygen atoms in total. The highest BCUT2D eigenvalue weighted by molar-refractivity contribution is 9.10. The summed E-state index contributed by atoms with van der Waals surface area (Å²) < 4.78 is 9.14. The molecule has 1 fully saturated rings. The summed E-state index contributed by atoms with van der Waals surface area (Å²) in [6.45, 7) is 4.12. The molecule has 3 aromatic carbocycles. The van der Waals surface area contributed by atoms with Gasteiger partial charge >= 0.3 is 0 Å². The summed E-state index contributed by atoms with van der Waals surface area (Å²) in [5.41, 5.74) is 4.21. The first-order valence-corrected chi connectivity index (χ1v) is 12.1. The molecule has 1 saturated heterocycles. The quantitative estimate of drug-likeness (QED) is 0.286. The first-order chi connectivity index (χ1) is 16.1. The number of hydrogen-bond donors (Lipinski definition) is 0. The van der Waals surface area contributed by atoms with E-state index in [0.29, 0.717) is 19.6 Å². The van der Waals surface area contributed by atoms with E-state index in [1.54, 1.807) is 0 Å². The fourth-order valence-electron chi connectivity index (χ4n) is 4.47.